The third-order valence-electron chi connectivity index (χ3n) is 8.25. The Morgan fingerprint density at radius 1 is 1.17 bits per heavy atom. The van der Waals surface area contributed by atoms with E-state index in [0.717, 1.165) is 18.4 Å². The van der Waals surface area contributed by atoms with Crippen LogP contribution in [0, 0.1) is 23.7 Å². The second kappa shape index (κ2) is 9.17. The minimum Gasteiger partial charge on any atom is -0.507 e. The number of nitrogens with zero attached hydrogens (tertiary/aromatic N) is 1. The number of rotatable bonds is 6. The number of aryl methyl sites for hydroxylation is 1. The Morgan fingerprint density at radius 3 is 2.39 bits per heavy atom. The SMILES string of the molecule is CCCCc1cc(CN)c(O)c2c1C[C@H]1C[C@H]3[C@@H](N(C)C)C(=O)C(C(N)=O)C(=O)[C@@]3(O)C(=O)C1C2=O. The molecule has 36 heavy (non-hydrogen) atoms. The van der Waals surface area contributed by atoms with Crippen LogP contribution < -0.4 is 11.5 Å². The monoisotopic (exact) mass is 499 g/mol. The summed E-state index contributed by atoms with van der Waals surface area (Å²) in [6.07, 6.45) is 2.73. The van der Waals surface area contributed by atoms with Gasteiger partial charge in [0.2, 0.25) is 5.91 Å². The predicted octanol–water partition coefficient (Wildman–Crippen LogP) is -0.332. The van der Waals surface area contributed by atoms with Gasteiger partial charge in [0, 0.05) is 18.0 Å². The summed E-state index contributed by atoms with van der Waals surface area (Å²) in [6.45, 7) is 2.03. The summed E-state index contributed by atoms with van der Waals surface area (Å²) < 4.78 is 0. The molecule has 6 N–H and O–H groups in total. The van der Waals surface area contributed by atoms with E-state index in [9.17, 15) is 34.2 Å². The van der Waals surface area contributed by atoms with Crippen LogP contribution in [0.2, 0.25) is 0 Å². The molecule has 2 unspecified atom stereocenters. The van der Waals surface area contributed by atoms with Crippen molar-refractivity contribution < 1.29 is 34.2 Å². The number of amides is 1. The van der Waals surface area contributed by atoms with Gasteiger partial charge in [0.05, 0.1) is 17.5 Å². The Bertz CT molecular complexity index is 1180. The molecule has 0 radical (unpaired) electrons. The molecule has 2 fully saturated rings. The molecule has 1 aromatic carbocycles. The highest BCUT2D eigenvalue weighted by atomic mass is 16.3. The number of hydrogen-bond donors (Lipinski definition) is 4. The molecule has 0 saturated heterocycles. The second-order valence-corrected chi connectivity index (χ2v) is 10.5. The van der Waals surface area contributed by atoms with Crippen molar-refractivity contribution in [1.82, 2.24) is 4.90 Å². The first-order valence-electron chi connectivity index (χ1n) is 12.3. The molecule has 4 rings (SSSR count). The van der Waals surface area contributed by atoms with Crippen molar-refractivity contribution in [3.05, 3.63) is 28.3 Å². The van der Waals surface area contributed by atoms with Crippen LogP contribution in [-0.4, -0.2) is 69.9 Å². The van der Waals surface area contributed by atoms with E-state index >= 15 is 0 Å². The lowest BCUT2D eigenvalue weighted by molar-refractivity contribution is -0.181. The molecule has 1 aromatic rings. The third kappa shape index (κ3) is 3.54. The molecule has 0 bridgehead atoms. The van der Waals surface area contributed by atoms with Gasteiger partial charge in [-0.05, 0) is 56.8 Å². The van der Waals surface area contributed by atoms with Crippen molar-refractivity contribution in [2.75, 3.05) is 14.1 Å². The van der Waals surface area contributed by atoms with Gasteiger partial charge in [-0.25, -0.2) is 0 Å². The first kappa shape index (κ1) is 26.1. The topological polar surface area (TPSA) is 181 Å². The number of phenols is 1. The van der Waals surface area contributed by atoms with Crippen LogP contribution in [0.4, 0.5) is 0 Å². The van der Waals surface area contributed by atoms with Crippen molar-refractivity contribution in [2.24, 2.45) is 35.1 Å². The van der Waals surface area contributed by atoms with E-state index in [0.29, 0.717) is 17.5 Å². The Balaban J connectivity index is 1.88. The first-order valence-corrected chi connectivity index (χ1v) is 12.3. The van der Waals surface area contributed by atoms with E-state index in [1.54, 1.807) is 20.2 Å². The Labute approximate surface area is 209 Å². The summed E-state index contributed by atoms with van der Waals surface area (Å²) in [5.41, 5.74) is 10.3. The average molecular weight is 500 g/mol. The molecule has 0 aromatic heterocycles. The van der Waals surface area contributed by atoms with Crippen LogP contribution in [0.15, 0.2) is 6.07 Å². The summed E-state index contributed by atoms with van der Waals surface area (Å²) in [6, 6.07) is 0.686. The maximum atomic E-state index is 13.8. The first-order chi connectivity index (χ1) is 16.9. The van der Waals surface area contributed by atoms with Gasteiger partial charge in [0.1, 0.15) is 5.75 Å². The molecule has 2 saturated carbocycles. The number of carbonyl (C=O) groups excluding carboxylic acids is 5. The van der Waals surface area contributed by atoms with Gasteiger partial charge in [-0.2, -0.15) is 0 Å². The van der Waals surface area contributed by atoms with Crippen molar-refractivity contribution in [3.63, 3.8) is 0 Å². The van der Waals surface area contributed by atoms with Crippen LogP contribution in [-0.2, 0) is 38.6 Å². The van der Waals surface area contributed by atoms with Gasteiger partial charge in [0.15, 0.2) is 34.7 Å². The van der Waals surface area contributed by atoms with Gasteiger partial charge < -0.3 is 21.7 Å². The number of aromatic hydroxyl groups is 1. The largest absolute Gasteiger partial charge is 0.507 e. The molecule has 3 aliphatic rings. The zero-order chi connectivity index (χ0) is 26.7. The zero-order valence-corrected chi connectivity index (χ0v) is 20.7. The average Bonchev–Trinajstić information content (AvgIpc) is 2.80. The van der Waals surface area contributed by atoms with Gasteiger partial charge in [-0.3, -0.25) is 28.9 Å². The standard InChI is InChI=1S/C26H33N3O7/c1-4-5-6-11-7-13(10-27)20(30)17-14(11)8-12-9-15-19(29(2)3)22(32)18(25(28)35)24(34)26(15,36)23(33)16(12)21(17)31/h7,12,15-16,18-19,30,36H,4-6,8-10,27H2,1-3H3,(H2,28,35)/t12-,15-,16?,18?,19+,26-/m0/s1. The van der Waals surface area contributed by atoms with Gasteiger partial charge >= 0.3 is 0 Å². The Kier molecular flexibility index (Phi) is 6.65. The number of carbonyl (C=O) groups is 5. The van der Waals surface area contributed by atoms with Crippen molar-refractivity contribution in [2.45, 2.75) is 57.2 Å². The fraction of sp³-hybridized carbons (Fsp3) is 0.577. The number of phenolic OH excluding ortho intramolecular Hbond substituents is 1. The van der Waals surface area contributed by atoms with E-state index in [-0.39, 0.29) is 30.7 Å². The maximum Gasteiger partial charge on any atom is 0.235 e. The van der Waals surface area contributed by atoms with Crippen LogP contribution >= 0.6 is 0 Å². The predicted molar refractivity (Wildman–Crippen MR) is 128 cm³/mol. The molecule has 10 nitrogen and oxygen atoms in total. The van der Waals surface area contributed by atoms with Crippen LogP contribution in [0.3, 0.4) is 0 Å². The van der Waals surface area contributed by atoms with Crippen LogP contribution in [0.1, 0.15) is 53.2 Å². The van der Waals surface area contributed by atoms with E-state index in [1.165, 1.54) is 4.90 Å². The number of likely N-dealkylation sites (N-methyl/N-ethyl adjacent to an activating group) is 1. The summed E-state index contributed by atoms with van der Waals surface area (Å²) in [5, 5.41) is 22.5. The molecule has 0 heterocycles. The lowest BCUT2D eigenvalue weighted by atomic mass is 9.52. The molecular formula is C26H33N3O7. The molecule has 0 spiro atoms. The van der Waals surface area contributed by atoms with E-state index in [1.807, 2.05) is 6.92 Å². The lowest BCUT2D eigenvalue weighted by Gasteiger charge is -2.52. The van der Waals surface area contributed by atoms with Crippen molar-refractivity contribution >= 4 is 29.0 Å². The smallest absolute Gasteiger partial charge is 0.235 e. The molecular weight excluding hydrogens is 466 g/mol. The number of fused-ring (bicyclic) bond motifs is 3. The van der Waals surface area contributed by atoms with E-state index in [4.69, 9.17) is 11.5 Å². The number of nitrogens with two attached hydrogens (primary N) is 2. The van der Waals surface area contributed by atoms with Crippen LogP contribution in [0.5, 0.6) is 5.75 Å². The highest BCUT2D eigenvalue weighted by Gasteiger charge is 2.69. The number of ketones is 4. The fourth-order valence-electron chi connectivity index (χ4n) is 6.56. The molecule has 10 heteroatoms. The molecule has 3 aliphatic carbocycles. The zero-order valence-electron chi connectivity index (χ0n) is 20.7. The van der Waals surface area contributed by atoms with Gasteiger partial charge in [-0.15, -0.1) is 0 Å². The van der Waals surface area contributed by atoms with Crippen molar-refractivity contribution in [1.29, 1.82) is 0 Å². The highest BCUT2D eigenvalue weighted by molar-refractivity contribution is 6.32. The third-order valence-corrected chi connectivity index (χ3v) is 8.25. The summed E-state index contributed by atoms with van der Waals surface area (Å²) in [7, 11) is 3.12. The van der Waals surface area contributed by atoms with E-state index < -0.39 is 64.4 Å². The lowest BCUT2D eigenvalue weighted by Crippen LogP contribution is -2.74. The quantitative estimate of drug-likeness (QED) is 0.381. The number of aliphatic hydroxyl groups is 1. The minimum atomic E-state index is -2.72. The van der Waals surface area contributed by atoms with Gasteiger partial charge in [-0.1, -0.05) is 19.4 Å². The summed E-state index contributed by atoms with van der Waals surface area (Å²) >= 11 is 0. The Morgan fingerprint density at radius 2 is 1.83 bits per heavy atom. The van der Waals surface area contributed by atoms with Gasteiger partial charge in [0.25, 0.3) is 0 Å². The minimum absolute atomic E-state index is 0.00895. The number of primary amides is 1. The van der Waals surface area contributed by atoms with Crippen LogP contribution in [0.25, 0.3) is 0 Å². The summed E-state index contributed by atoms with van der Waals surface area (Å²) in [4.78, 5) is 67.6. The van der Waals surface area contributed by atoms with E-state index in [2.05, 4.69) is 0 Å². The number of unbranched alkanes of at least 4 members (excludes halogenated alkanes) is 1. The molecule has 194 valence electrons. The Hall–Kier alpha value is -2.95. The molecule has 0 aliphatic heterocycles. The highest BCUT2D eigenvalue weighted by Crippen LogP contribution is 2.51. The summed E-state index contributed by atoms with van der Waals surface area (Å²) in [5.74, 6) is -10.4. The normalized spacial score (nSPS) is 31.8. The fourth-order valence-corrected chi connectivity index (χ4v) is 6.56. The molecule has 1 amide bonds. The molecule has 6 atom stereocenters. The maximum absolute atomic E-state index is 13.8. The number of Topliss-reactive ketones (excluding diaryl/α,β-unsaturated/α-hetero) is 4. The second-order valence-electron chi connectivity index (χ2n) is 10.5. The number of hydrogen-bond acceptors (Lipinski definition) is 9. The number of benzene rings is 1. The van der Waals surface area contributed by atoms with Crippen molar-refractivity contribution in [3.8, 4) is 5.75 Å².